The molecule has 2 rings (SSSR count). The van der Waals surface area contributed by atoms with Crippen LogP contribution >= 0.6 is 0 Å². The fourth-order valence-corrected chi connectivity index (χ4v) is 2.55. The highest BCUT2D eigenvalue weighted by atomic mass is 19.1. The summed E-state index contributed by atoms with van der Waals surface area (Å²) in [6, 6.07) is 9.30. The minimum atomic E-state index is -0.306. The van der Waals surface area contributed by atoms with Crippen LogP contribution in [0.15, 0.2) is 36.4 Å². The van der Waals surface area contributed by atoms with Gasteiger partial charge in [-0.1, -0.05) is 12.1 Å². The summed E-state index contributed by atoms with van der Waals surface area (Å²) in [5.41, 5.74) is 1.57. The zero-order valence-electron chi connectivity index (χ0n) is 14.8. The number of benzene rings is 2. The first-order valence-electron chi connectivity index (χ1n) is 7.82. The van der Waals surface area contributed by atoms with E-state index in [9.17, 15) is 9.18 Å². The molecule has 2 aromatic carbocycles. The first kappa shape index (κ1) is 18.6. The molecule has 1 amide bonds. The lowest BCUT2D eigenvalue weighted by Crippen LogP contribution is -2.28. The molecule has 0 fully saturated rings. The van der Waals surface area contributed by atoms with E-state index in [2.05, 4.69) is 5.32 Å². The average Bonchev–Trinajstić information content (AvgIpc) is 2.61. The Balaban J connectivity index is 2.10. The molecular formula is C19H22FNO4. The molecule has 2 aromatic rings. The third-order valence-corrected chi connectivity index (χ3v) is 3.84. The van der Waals surface area contributed by atoms with Crippen LogP contribution in [0.3, 0.4) is 0 Å². The van der Waals surface area contributed by atoms with Gasteiger partial charge in [-0.3, -0.25) is 4.79 Å². The molecule has 0 aliphatic carbocycles. The Bertz CT molecular complexity index is 706. The number of nitrogens with one attached hydrogen (secondary N) is 1. The smallest absolute Gasteiger partial charge is 0.224 e. The van der Waals surface area contributed by atoms with Crippen LogP contribution < -0.4 is 19.5 Å². The molecule has 0 heterocycles. The van der Waals surface area contributed by atoms with Gasteiger partial charge >= 0.3 is 0 Å². The van der Waals surface area contributed by atoms with Gasteiger partial charge in [0.2, 0.25) is 11.7 Å². The lowest BCUT2D eigenvalue weighted by atomic mass is 10.1. The Morgan fingerprint density at radius 1 is 1.04 bits per heavy atom. The number of methoxy groups -OCH3 is 3. The third kappa shape index (κ3) is 4.62. The SMILES string of the molecule is COc1cc(CC(=O)N[C@H](C)c2ccc(F)cc2)cc(OC)c1OC. The molecule has 0 aliphatic heterocycles. The van der Waals surface area contributed by atoms with Gasteiger partial charge in [0.1, 0.15) is 5.82 Å². The van der Waals surface area contributed by atoms with Gasteiger partial charge in [-0.15, -0.1) is 0 Å². The second kappa shape index (κ2) is 8.37. The number of rotatable bonds is 7. The fraction of sp³-hybridized carbons (Fsp3) is 0.316. The summed E-state index contributed by atoms with van der Waals surface area (Å²) in [4.78, 5) is 12.3. The van der Waals surface area contributed by atoms with Crippen molar-refractivity contribution >= 4 is 5.91 Å². The lowest BCUT2D eigenvalue weighted by Gasteiger charge is -2.16. The highest BCUT2D eigenvalue weighted by Crippen LogP contribution is 2.38. The zero-order chi connectivity index (χ0) is 18.4. The standard InChI is InChI=1S/C19H22FNO4/c1-12(14-5-7-15(20)8-6-14)21-18(22)11-13-9-16(23-2)19(25-4)17(10-13)24-3/h5-10,12H,11H2,1-4H3,(H,21,22)/t12-/m1/s1. The van der Waals surface area contributed by atoms with Gasteiger partial charge in [0.15, 0.2) is 11.5 Å². The maximum absolute atomic E-state index is 13.0. The number of halogens is 1. The van der Waals surface area contributed by atoms with Crippen LogP contribution in [0.25, 0.3) is 0 Å². The van der Waals surface area contributed by atoms with Crippen LogP contribution in [0.5, 0.6) is 17.2 Å². The number of carbonyl (C=O) groups excluding carboxylic acids is 1. The summed E-state index contributed by atoms with van der Waals surface area (Å²) in [5, 5.41) is 2.89. The summed E-state index contributed by atoms with van der Waals surface area (Å²) >= 11 is 0. The van der Waals surface area contributed by atoms with E-state index in [1.807, 2.05) is 6.92 Å². The average molecular weight is 347 g/mol. The molecule has 6 heteroatoms. The predicted octanol–water partition coefficient (Wildman–Crippen LogP) is 3.27. The van der Waals surface area contributed by atoms with Crippen molar-refractivity contribution < 1.29 is 23.4 Å². The molecule has 5 nitrogen and oxygen atoms in total. The number of hydrogen-bond donors (Lipinski definition) is 1. The van der Waals surface area contributed by atoms with Crippen molar-refractivity contribution in [3.05, 3.63) is 53.3 Å². The fourth-order valence-electron chi connectivity index (χ4n) is 2.55. The molecule has 0 aliphatic rings. The number of hydrogen-bond acceptors (Lipinski definition) is 4. The van der Waals surface area contributed by atoms with Crippen LogP contribution in [0.2, 0.25) is 0 Å². The lowest BCUT2D eigenvalue weighted by molar-refractivity contribution is -0.121. The second-order valence-electron chi connectivity index (χ2n) is 5.55. The Labute approximate surface area is 146 Å². The van der Waals surface area contributed by atoms with Crippen molar-refractivity contribution in [1.82, 2.24) is 5.32 Å². The summed E-state index contributed by atoms with van der Waals surface area (Å²) < 4.78 is 28.8. The van der Waals surface area contributed by atoms with Crippen molar-refractivity contribution in [2.24, 2.45) is 0 Å². The Kier molecular flexibility index (Phi) is 6.22. The highest BCUT2D eigenvalue weighted by Gasteiger charge is 2.16. The van der Waals surface area contributed by atoms with Gasteiger partial charge in [0.05, 0.1) is 33.8 Å². The number of ether oxygens (including phenoxy) is 3. The Morgan fingerprint density at radius 3 is 2.08 bits per heavy atom. The van der Waals surface area contributed by atoms with Gasteiger partial charge in [0.25, 0.3) is 0 Å². The van der Waals surface area contributed by atoms with E-state index in [0.717, 1.165) is 11.1 Å². The Morgan fingerprint density at radius 2 is 1.60 bits per heavy atom. The van der Waals surface area contributed by atoms with Crippen LogP contribution in [-0.4, -0.2) is 27.2 Å². The highest BCUT2D eigenvalue weighted by molar-refractivity contribution is 5.79. The first-order valence-corrected chi connectivity index (χ1v) is 7.82. The molecule has 1 atom stereocenters. The van der Waals surface area contributed by atoms with Gasteiger partial charge in [-0.2, -0.15) is 0 Å². The topological polar surface area (TPSA) is 56.8 Å². The maximum Gasteiger partial charge on any atom is 0.224 e. The molecule has 0 saturated heterocycles. The monoisotopic (exact) mass is 347 g/mol. The van der Waals surface area contributed by atoms with Gasteiger partial charge in [0, 0.05) is 0 Å². The molecule has 25 heavy (non-hydrogen) atoms. The van der Waals surface area contributed by atoms with E-state index in [1.54, 1.807) is 24.3 Å². The van der Waals surface area contributed by atoms with E-state index in [1.165, 1.54) is 33.5 Å². The molecule has 0 spiro atoms. The van der Waals surface area contributed by atoms with Crippen molar-refractivity contribution in [3.8, 4) is 17.2 Å². The molecule has 0 unspecified atom stereocenters. The predicted molar refractivity (Wildman–Crippen MR) is 92.8 cm³/mol. The largest absolute Gasteiger partial charge is 0.493 e. The van der Waals surface area contributed by atoms with Crippen molar-refractivity contribution in [1.29, 1.82) is 0 Å². The van der Waals surface area contributed by atoms with Crippen LogP contribution in [0, 0.1) is 5.82 Å². The summed E-state index contributed by atoms with van der Waals surface area (Å²) in [5.74, 6) is 1.01. The van der Waals surface area contributed by atoms with E-state index in [0.29, 0.717) is 17.2 Å². The van der Waals surface area contributed by atoms with Crippen molar-refractivity contribution in [2.75, 3.05) is 21.3 Å². The molecule has 0 radical (unpaired) electrons. The molecule has 0 aromatic heterocycles. The molecular weight excluding hydrogens is 325 g/mol. The van der Waals surface area contributed by atoms with Crippen molar-refractivity contribution in [2.45, 2.75) is 19.4 Å². The van der Waals surface area contributed by atoms with Crippen LogP contribution in [-0.2, 0) is 11.2 Å². The van der Waals surface area contributed by atoms with Gasteiger partial charge in [-0.05, 0) is 42.3 Å². The normalized spacial score (nSPS) is 11.6. The number of carbonyl (C=O) groups is 1. The van der Waals surface area contributed by atoms with Crippen LogP contribution in [0.4, 0.5) is 4.39 Å². The summed E-state index contributed by atoms with van der Waals surface area (Å²) in [6.07, 6.45) is 0.155. The second-order valence-corrected chi connectivity index (χ2v) is 5.55. The Hall–Kier alpha value is -2.76. The summed E-state index contributed by atoms with van der Waals surface area (Å²) in [7, 11) is 4.58. The van der Waals surface area contributed by atoms with E-state index < -0.39 is 0 Å². The molecule has 1 N–H and O–H groups in total. The summed E-state index contributed by atoms with van der Waals surface area (Å²) in [6.45, 7) is 1.85. The minimum absolute atomic E-state index is 0.155. The minimum Gasteiger partial charge on any atom is -0.493 e. The molecule has 0 saturated carbocycles. The third-order valence-electron chi connectivity index (χ3n) is 3.84. The maximum atomic E-state index is 13.0. The van der Waals surface area contributed by atoms with Gasteiger partial charge in [-0.25, -0.2) is 4.39 Å². The first-order chi connectivity index (χ1) is 12.0. The molecule has 0 bridgehead atoms. The zero-order valence-corrected chi connectivity index (χ0v) is 14.8. The van der Waals surface area contributed by atoms with E-state index in [4.69, 9.17) is 14.2 Å². The quantitative estimate of drug-likeness (QED) is 0.835. The van der Waals surface area contributed by atoms with E-state index >= 15 is 0 Å². The van der Waals surface area contributed by atoms with E-state index in [-0.39, 0.29) is 24.2 Å². The van der Waals surface area contributed by atoms with Crippen LogP contribution in [0.1, 0.15) is 24.1 Å². The number of amides is 1. The molecule has 134 valence electrons. The van der Waals surface area contributed by atoms with Crippen molar-refractivity contribution in [3.63, 3.8) is 0 Å². The van der Waals surface area contributed by atoms with Gasteiger partial charge < -0.3 is 19.5 Å².